The predicted molar refractivity (Wildman–Crippen MR) is 164 cm³/mol. The van der Waals surface area contributed by atoms with Gasteiger partial charge in [-0.2, -0.15) is 0 Å². The Balaban J connectivity index is 1.35. The number of primary amides is 1. The number of ketones is 2. The topological polar surface area (TPSA) is 206 Å². The summed E-state index contributed by atoms with van der Waals surface area (Å²) in [6, 6.07) is 0.795. The molecular weight excluding hydrogens is 582 g/mol. The first-order valence-electron chi connectivity index (χ1n) is 15.4. The molecule has 0 bridgehead atoms. The van der Waals surface area contributed by atoms with Gasteiger partial charge in [-0.05, 0) is 75.6 Å². The van der Waals surface area contributed by atoms with Crippen molar-refractivity contribution in [2.24, 2.45) is 23.0 Å². The van der Waals surface area contributed by atoms with Gasteiger partial charge < -0.3 is 41.7 Å². The van der Waals surface area contributed by atoms with Crippen molar-refractivity contribution in [3.8, 4) is 5.75 Å². The fourth-order valence-corrected chi connectivity index (χ4v) is 8.44. The predicted octanol–water partition coefficient (Wildman–Crippen LogP) is 1.05. The van der Waals surface area contributed by atoms with Crippen LogP contribution in [0, 0.1) is 17.3 Å². The molecule has 242 valence electrons. The molecule has 13 heteroatoms. The van der Waals surface area contributed by atoms with Crippen LogP contribution >= 0.6 is 0 Å². The number of allylic oxidation sites excluding steroid dienone is 1. The van der Waals surface area contributed by atoms with E-state index in [-0.39, 0.29) is 42.3 Å². The number of nitrogens with zero attached hydrogens (tertiary/aromatic N) is 2. The maximum absolute atomic E-state index is 14.2. The first-order valence-corrected chi connectivity index (χ1v) is 15.4. The van der Waals surface area contributed by atoms with Crippen LogP contribution in [-0.2, 0) is 20.8 Å². The first-order chi connectivity index (χ1) is 21.1. The van der Waals surface area contributed by atoms with Crippen molar-refractivity contribution in [3.05, 3.63) is 39.9 Å². The van der Waals surface area contributed by atoms with E-state index in [0.717, 1.165) is 12.8 Å². The molecule has 8 N–H and O–H groups in total. The van der Waals surface area contributed by atoms with Gasteiger partial charge in [0.25, 0.3) is 5.91 Å². The van der Waals surface area contributed by atoms with Crippen molar-refractivity contribution in [2.45, 2.75) is 62.6 Å². The highest BCUT2D eigenvalue weighted by molar-refractivity contribution is 6.25. The number of benzene rings is 1. The number of aliphatic hydroxyl groups excluding tert-OH is 2. The molecular formula is C32H41N5O8. The van der Waals surface area contributed by atoms with E-state index in [9.17, 15) is 39.6 Å². The molecule has 2 fully saturated rings. The molecule has 5 aliphatic carbocycles. The summed E-state index contributed by atoms with van der Waals surface area (Å²) >= 11 is 0. The second-order valence-corrected chi connectivity index (χ2v) is 13.9. The summed E-state index contributed by atoms with van der Waals surface area (Å²) in [5.41, 5.74) is 2.91. The number of phenols is 1. The van der Waals surface area contributed by atoms with Gasteiger partial charge in [-0.3, -0.25) is 24.1 Å². The van der Waals surface area contributed by atoms with Gasteiger partial charge in [0.2, 0.25) is 11.7 Å². The summed E-state index contributed by atoms with van der Waals surface area (Å²) in [6.45, 7) is 0.0304. The summed E-state index contributed by atoms with van der Waals surface area (Å²) in [6.07, 6.45) is 5.97. The Morgan fingerprint density at radius 3 is 2.31 bits per heavy atom. The van der Waals surface area contributed by atoms with Crippen molar-refractivity contribution in [2.75, 3.05) is 45.0 Å². The number of nitrogens with one attached hydrogen (secondary N) is 2. The van der Waals surface area contributed by atoms with Gasteiger partial charge >= 0.3 is 0 Å². The number of anilines is 2. The Bertz CT molecular complexity index is 1580. The van der Waals surface area contributed by atoms with Crippen LogP contribution in [-0.4, -0.2) is 101 Å². The van der Waals surface area contributed by atoms with Gasteiger partial charge in [0.1, 0.15) is 17.1 Å². The van der Waals surface area contributed by atoms with Crippen molar-refractivity contribution in [1.29, 1.82) is 0 Å². The number of aliphatic hydroxyl groups is 3. The molecule has 0 saturated heterocycles. The number of fused-ring (bicyclic) bond motifs is 3. The second-order valence-electron chi connectivity index (χ2n) is 13.9. The number of carbonyl (C=O) groups excluding carboxylic acids is 4. The van der Waals surface area contributed by atoms with E-state index in [4.69, 9.17) is 5.73 Å². The highest BCUT2D eigenvalue weighted by atomic mass is 16.3. The Morgan fingerprint density at radius 1 is 1.09 bits per heavy atom. The molecule has 4 atom stereocenters. The molecule has 0 aromatic heterocycles. The number of Topliss-reactive ketones (excluding diaryl/α,β-unsaturated/α-hetero) is 2. The van der Waals surface area contributed by atoms with Crippen LogP contribution in [0.2, 0.25) is 0 Å². The molecule has 1 spiro atoms. The number of phenolic OH excluding ortho intramolecular Hbond substituents is 1. The van der Waals surface area contributed by atoms with Crippen LogP contribution in [0.4, 0.5) is 11.4 Å². The summed E-state index contributed by atoms with van der Waals surface area (Å²) in [5.74, 6) is -7.62. The number of likely N-dealkylation sites (N-methyl/N-ethyl adjacent to an activating group) is 1. The summed E-state index contributed by atoms with van der Waals surface area (Å²) in [7, 11) is 6.68. The standard InChI is InChI=1S/C32H41N5O8/c1-36(2)19-10-18(35-20(38)13-34-15-11-31(12-15)6-5-7-31)25(39)22-16(19)8-14-9-17-24(37(3)4)27(41)23(30(33)44)29(43)32(17,45)28(42)21(14)26(22)40/h10,14-15,17,24,34,39,41-42,45H,5-9,11-13H2,1-4H3,(H2,33,44)(H,35,38)/t14-,17-,24-,32-/m0/s1. The maximum Gasteiger partial charge on any atom is 0.255 e. The fourth-order valence-electron chi connectivity index (χ4n) is 8.44. The average Bonchev–Trinajstić information content (AvgIpc) is 2.90. The van der Waals surface area contributed by atoms with E-state index in [2.05, 4.69) is 10.6 Å². The summed E-state index contributed by atoms with van der Waals surface area (Å²) in [4.78, 5) is 56.1. The highest BCUT2D eigenvalue weighted by Gasteiger charge is 2.63. The quantitative estimate of drug-likeness (QED) is 0.169. The van der Waals surface area contributed by atoms with Crippen LogP contribution in [0.3, 0.4) is 0 Å². The molecule has 2 saturated carbocycles. The Labute approximate surface area is 260 Å². The highest BCUT2D eigenvalue weighted by Crippen LogP contribution is 2.56. The lowest BCUT2D eigenvalue weighted by atomic mass is 9.54. The molecule has 0 heterocycles. The van der Waals surface area contributed by atoms with E-state index in [1.807, 2.05) is 0 Å². The van der Waals surface area contributed by atoms with Crippen LogP contribution in [0.15, 0.2) is 28.7 Å². The lowest BCUT2D eigenvalue weighted by Gasteiger charge is -2.54. The number of hydrogen-bond acceptors (Lipinski definition) is 11. The van der Waals surface area contributed by atoms with E-state index >= 15 is 0 Å². The number of amides is 2. The third-order valence-electron chi connectivity index (χ3n) is 10.8. The second kappa shape index (κ2) is 10.6. The largest absolute Gasteiger partial charge is 0.510 e. The number of rotatable bonds is 7. The van der Waals surface area contributed by atoms with Gasteiger partial charge in [0, 0.05) is 37.3 Å². The van der Waals surface area contributed by atoms with Crippen LogP contribution in [0.5, 0.6) is 5.75 Å². The molecule has 0 aliphatic heterocycles. The monoisotopic (exact) mass is 623 g/mol. The first kappa shape index (κ1) is 31.1. The Kier molecular flexibility index (Phi) is 7.29. The van der Waals surface area contributed by atoms with E-state index in [0.29, 0.717) is 16.7 Å². The molecule has 0 unspecified atom stereocenters. The molecule has 0 radical (unpaired) electrons. The molecule has 13 nitrogen and oxygen atoms in total. The lowest BCUT2D eigenvalue weighted by Crippen LogP contribution is -2.63. The zero-order chi connectivity index (χ0) is 32.7. The number of aromatic hydroxyl groups is 1. The van der Waals surface area contributed by atoms with Crippen LogP contribution in [0.1, 0.15) is 54.4 Å². The molecule has 45 heavy (non-hydrogen) atoms. The van der Waals surface area contributed by atoms with E-state index in [1.54, 1.807) is 39.2 Å². The van der Waals surface area contributed by atoms with Crippen molar-refractivity contribution < 1.29 is 39.6 Å². The number of hydrogen-bond donors (Lipinski definition) is 7. The Morgan fingerprint density at radius 2 is 1.76 bits per heavy atom. The minimum atomic E-state index is -2.72. The molecule has 1 aromatic carbocycles. The summed E-state index contributed by atoms with van der Waals surface area (Å²) in [5, 5.41) is 51.7. The van der Waals surface area contributed by atoms with Gasteiger partial charge in [0.15, 0.2) is 17.1 Å². The normalized spacial score (nSPS) is 28.7. The number of nitrogens with two attached hydrogens (primary N) is 1. The molecule has 1 aromatic rings. The molecule has 5 aliphatic rings. The van der Waals surface area contributed by atoms with Gasteiger partial charge in [0.05, 0.1) is 23.8 Å². The summed E-state index contributed by atoms with van der Waals surface area (Å²) < 4.78 is 0. The van der Waals surface area contributed by atoms with Crippen molar-refractivity contribution in [1.82, 2.24) is 10.2 Å². The minimum absolute atomic E-state index is 0.00793. The smallest absolute Gasteiger partial charge is 0.255 e. The molecule has 6 rings (SSSR count). The van der Waals surface area contributed by atoms with E-state index < -0.39 is 69.7 Å². The van der Waals surface area contributed by atoms with E-state index in [1.165, 1.54) is 24.2 Å². The van der Waals surface area contributed by atoms with Gasteiger partial charge in [-0.1, -0.05) is 6.42 Å². The lowest BCUT2D eigenvalue weighted by molar-refractivity contribution is -0.148. The Hall–Kier alpha value is -3.94. The third kappa shape index (κ3) is 4.54. The van der Waals surface area contributed by atoms with Gasteiger partial charge in [-0.15, -0.1) is 0 Å². The average molecular weight is 624 g/mol. The minimum Gasteiger partial charge on any atom is -0.510 e. The van der Waals surface area contributed by atoms with Crippen molar-refractivity contribution >= 4 is 34.8 Å². The van der Waals surface area contributed by atoms with Crippen LogP contribution in [0.25, 0.3) is 0 Å². The zero-order valence-electron chi connectivity index (χ0n) is 25.9. The number of carbonyl (C=O) groups is 4. The van der Waals surface area contributed by atoms with Crippen LogP contribution < -0.4 is 21.3 Å². The van der Waals surface area contributed by atoms with Gasteiger partial charge in [-0.25, -0.2) is 0 Å². The molecule has 2 amide bonds. The zero-order valence-corrected chi connectivity index (χ0v) is 25.9. The SMILES string of the molecule is CN(C)c1cc(NC(=O)CNC2CC3(CCC3)C2)c(O)c2c1C[C@H]1C[C@H]3[C@H](N(C)C)C(O)=C(C(N)=O)C(=O)[C@@]3(O)C(O)=C1C2=O. The van der Waals surface area contributed by atoms with Crippen molar-refractivity contribution in [3.63, 3.8) is 0 Å². The fraction of sp³-hybridized carbons (Fsp3) is 0.562. The maximum atomic E-state index is 14.2. The third-order valence-corrected chi connectivity index (χ3v) is 10.8.